The maximum absolute atomic E-state index is 7.00. The van der Waals surface area contributed by atoms with Crippen LogP contribution >= 0.6 is 0 Å². The summed E-state index contributed by atoms with van der Waals surface area (Å²) in [5, 5.41) is 0. The fourth-order valence-corrected chi connectivity index (χ4v) is 0.0962. The minimum absolute atomic E-state index is 0.583. The predicted molar refractivity (Wildman–Crippen MR) is 22.1 cm³/mol. The van der Waals surface area contributed by atoms with Crippen LogP contribution in [-0.2, 0) is 4.74 Å². The van der Waals surface area contributed by atoms with E-state index in [1.54, 1.807) is 0 Å². The number of epoxide rings is 1. The lowest BCUT2D eigenvalue weighted by atomic mass is 10.6. The van der Waals surface area contributed by atoms with Gasteiger partial charge in [-0.1, -0.05) is 0 Å². The summed E-state index contributed by atoms with van der Waals surface area (Å²) in [6, 6.07) is 0. The van der Waals surface area contributed by atoms with Crippen molar-refractivity contribution in [3.05, 3.63) is 9.93 Å². The van der Waals surface area contributed by atoms with Crippen LogP contribution in [-0.4, -0.2) is 12.7 Å². The first kappa shape index (κ1) is 5.56. The van der Waals surface area contributed by atoms with Gasteiger partial charge in [-0.3, -0.25) is 0 Å². The topological polar surface area (TPSA) is 46.7 Å². The monoisotopic (exact) mass is 90.0 g/mol. The van der Waals surface area contributed by atoms with Crippen molar-refractivity contribution in [2.75, 3.05) is 6.61 Å². The van der Waals surface area contributed by atoms with E-state index in [2.05, 4.69) is 6.92 Å². The lowest BCUT2D eigenvalue weighted by Gasteiger charge is -1.50. The molecule has 3 nitrogen and oxygen atoms in total. The van der Waals surface area contributed by atoms with E-state index in [0.717, 1.165) is 6.61 Å². The van der Waals surface area contributed by atoms with Crippen molar-refractivity contribution in [2.24, 2.45) is 0 Å². The molecule has 1 saturated heterocycles. The zero-order valence-corrected chi connectivity index (χ0v) is 3.51. The van der Waals surface area contributed by atoms with E-state index < -0.39 is 0 Å². The smallest absolute Gasteiger partial charge is 0.0781 e. The molecule has 0 saturated carbocycles. The third-order valence-corrected chi connectivity index (χ3v) is 0.500. The summed E-state index contributed by atoms with van der Waals surface area (Å²) in [6.07, 6.45) is 0.583. The molecule has 1 rings (SSSR count). The summed E-state index contributed by atoms with van der Waals surface area (Å²) in [7, 11) is 0. The van der Waals surface area contributed by atoms with Crippen LogP contribution < -0.4 is 0 Å². The van der Waals surface area contributed by atoms with Crippen molar-refractivity contribution >= 4 is 0 Å². The lowest BCUT2D eigenvalue weighted by Crippen LogP contribution is -1.60. The number of hydrogen-bond donors (Lipinski definition) is 0. The maximum Gasteiger partial charge on any atom is 0.0781 e. The highest BCUT2D eigenvalue weighted by atomic mass is 16.7. The molecule has 1 unspecified atom stereocenters. The second kappa shape index (κ2) is 2.78. The molecule has 1 heterocycles. The number of ether oxygens (including phenoxy) is 1. The Balaban J connectivity index is 0.000000112. The molecule has 0 N–H and O–H groups in total. The van der Waals surface area contributed by atoms with Gasteiger partial charge in [-0.15, -0.1) is 0 Å². The van der Waals surface area contributed by atoms with E-state index in [1.807, 2.05) is 0 Å². The van der Waals surface area contributed by atoms with Gasteiger partial charge < -0.3 is 4.74 Å². The normalized spacial score (nSPS) is 27.2. The maximum atomic E-state index is 7.00. The predicted octanol–water partition coefficient (Wildman–Crippen LogP) is 0.472. The van der Waals surface area contributed by atoms with Crippen LogP contribution in [0.5, 0.6) is 0 Å². The highest BCUT2D eigenvalue weighted by Gasteiger charge is 2.13. The molecule has 6 heavy (non-hydrogen) atoms. The molecule has 1 fully saturated rings. The molecule has 0 radical (unpaired) electrons. The first-order valence-corrected chi connectivity index (χ1v) is 1.68. The van der Waals surface area contributed by atoms with Crippen LogP contribution in [0, 0.1) is 9.93 Å². The van der Waals surface area contributed by atoms with Gasteiger partial charge in [0, 0.05) is 9.93 Å². The molecular weight excluding hydrogens is 84.0 g/mol. The summed E-state index contributed by atoms with van der Waals surface area (Å²) in [4.78, 5) is 14.0. The summed E-state index contributed by atoms with van der Waals surface area (Å²) < 4.78 is 4.71. The van der Waals surface area contributed by atoms with Gasteiger partial charge in [0.2, 0.25) is 0 Å². The highest BCUT2D eigenvalue weighted by molar-refractivity contribution is 4.58. The third-order valence-electron chi connectivity index (χ3n) is 0.500. The second-order valence-corrected chi connectivity index (χ2v) is 1.14. The standard InChI is InChI=1S/C3H6O.O2/c1-3-2-4-3;1-2/h3H,2H2,1H3;. The zero-order chi connectivity index (χ0) is 4.99. The summed E-state index contributed by atoms with van der Waals surface area (Å²) in [5.41, 5.74) is 0. The molecule has 0 spiro atoms. The van der Waals surface area contributed by atoms with E-state index in [-0.39, 0.29) is 0 Å². The molecule has 3 heteroatoms. The fraction of sp³-hybridized carbons (Fsp3) is 1.00. The van der Waals surface area contributed by atoms with Crippen LogP contribution in [0.25, 0.3) is 0 Å². The van der Waals surface area contributed by atoms with Gasteiger partial charge in [0.05, 0.1) is 12.7 Å². The van der Waals surface area contributed by atoms with E-state index in [0.29, 0.717) is 6.10 Å². The number of hydrogen-bond acceptors (Lipinski definition) is 3. The van der Waals surface area contributed by atoms with Crippen LogP contribution in [0.15, 0.2) is 0 Å². The lowest BCUT2D eigenvalue weighted by molar-refractivity contribution is 0.423. The minimum atomic E-state index is 0.583. The Bertz CT molecular complexity index is 33.0. The van der Waals surface area contributed by atoms with Gasteiger partial charge in [0.15, 0.2) is 0 Å². The van der Waals surface area contributed by atoms with Gasteiger partial charge in [-0.2, -0.15) is 0 Å². The van der Waals surface area contributed by atoms with Gasteiger partial charge in [-0.05, 0) is 6.92 Å². The van der Waals surface area contributed by atoms with E-state index in [1.165, 1.54) is 0 Å². The van der Waals surface area contributed by atoms with Gasteiger partial charge in [0.25, 0.3) is 0 Å². The van der Waals surface area contributed by atoms with E-state index in [9.17, 15) is 0 Å². The molecule has 0 aromatic heterocycles. The fourth-order valence-electron chi connectivity index (χ4n) is 0.0962. The molecular formula is C3H6O3. The molecule has 0 aliphatic carbocycles. The second-order valence-electron chi connectivity index (χ2n) is 1.14. The third kappa shape index (κ3) is 3.56. The number of rotatable bonds is 0. The van der Waals surface area contributed by atoms with Crippen LogP contribution in [0.1, 0.15) is 6.92 Å². The van der Waals surface area contributed by atoms with Crippen LogP contribution in [0.3, 0.4) is 0 Å². The minimum Gasteiger partial charge on any atom is -0.373 e. The first-order chi connectivity index (χ1) is 2.89. The van der Waals surface area contributed by atoms with Gasteiger partial charge >= 0.3 is 0 Å². The Labute approximate surface area is 35.5 Å². The SMILES string of the molecule is CC1CO1.O=O. The molecule has 1 aliphatic rings. The Morgan fingerprint density at radius 1 is 1.67 bits per heavy atom. The molecule has 0 amide bonds. The Morgan fingerprint density at radius 3 is 1.83 bits per heavy atom. The van der Waals surface area contributed by atoms with Crippen molar-refractivity contribution in [3.8, 4) is 0 Å². The average Bonchev–Trinajstić information content (AvgIpc) is 2.30. The van der Waals surface area contributed by atoms with Crippen LogP contribution in [0.2, 0.25) is 0 Å². The largest absolute Gasteiger partial charge is 0.373 e. The Hall–Kier alpha value is -0.440. The van der Waals surface area contributed by atoms with E-state index in [4.69, 9.17) is 14.7 Å². The van der Waals surface area contributed by atoms with Crippen LogP contribution in [0.4, 0.5) is 0 Å². The van der Waals surface area contributed by atoms with Crippen molar-refractivity contribution in [1.82, 2.24) is 0 Å². The van der Waals surface area contributed by atoms with Crippen molar-refractivity contribution in [2.45, 2.75) is 13.0 Å². The first-order valence-electron chi connectivity index (χ1n) is 1.68. The average molecular weight is 90.1 g/mol. The van der Waals surface area contributed by atoms with Gasteiger partial charge in [0.1, 0.15) is 0 Å². The molecule has 36 valence electrons. The molecule has 0 aromatic rings. The van der Waals surface area contributed by atoms with Crippen molar-refractivity contribution in [3.63, 3.8) is 0 Å². The van der Waals surface area contributed by atoms with E-state index >= 15 is 0 Å². The molecule has 1 aliphatic heterocycles. The summed E-state index contributed by atoms with van der Waals surface area (Å²) in [6.45, 7) is 3.04. The Kier molecular flexibility index (Phi) is 2.58. The van der Waals surface area contributed by atoms with Crippen molar-refractivity contribution in [1.29, 1.82) is 0 Å². The molecule has 1 atom stereocenters. The van der Waals surface area contributed by atoms with Crippen molar-refractivity contribution < 1.29 is 4.74 Å². The summed E-state index contributed by atoms with van der Waals surface area (Å²) >= 11 is 0. The molecule has 0 bridgehead atoms. The summed E-state index contributed by atoms with van der Waals surface area (Å²) in [5.74, 6) is 0. The molecule has 0 aromatic carbocycles. The zero-order valence-electron chi connectivity index (χ0n) is 3.51. The quantitative estimate of drug-likeness (QED) is 0.406. The highest BCUT2D eigenvalue weighted by Crippen LogP contribution is 2.04. The Morgan fingerprint density at radius 2 is 1.83 bits per heavy atom. The van der Waals surface area contributed by atoms with Gasteiger partial charge in [-0.25, -0.2) is 0 Å².